The number of nitrogens with one attached hydrogen (secondary N) is 1. The predicted molar refractivity (Wildman–Crippen MR) is 76.1 cm³/mol. The van der Waals surface area contributed by atoms with Crippen molar-refractivity contribution in [1.82, 2.24) is 0 Å². The van der Waals surface area contributed by atoms with E-state index in [1.165, 1.54) is 0 Å². The number of furan rings is 1. The van der Waals surface area contributed by atoms with Crippen molar-refractivity contribution in [1.29, 1.82) is 0 Å². The van der Waals surface area contributed by atoms with Gasteiger partial charge in [0.15, 0.2) is 9.84 Å². The average Bonchev–Trinajstić information content (AvgIpc) is 2.93. The summed E-state index contributed by atoms with van der Waals surface area (Å²) in [7, 11) is -3.27. The topological polar surface area (TPSA) is 79.5 Å². The zero-order valence-corrected chi connectivity index (χ0v) is 12.0. The van der Waals surface area contributed by atoms with Gasteiger partial charge in [0.2, 0.25) is 0 Å². The van der Waals surface area contributed by atoms with Crippen LogP contribution < -0.4 is 5.32 Å². The molecule has 0 atom stereocenters. The summed E-state index contributed by atoms with van der Waals surface area (Å²) in [4.78, 5) is 0.288. The number of sulfone groups is 1. The maximum absolute atomic E-state index is 12.0. The number of para-hydroxylation sites is 1. The molecule has 2 aromatic rings. The van der Waals surface area contributed by atoms with Gasteiger partial charge >= 0.3 is 0 Å². The molecule has 0 aliphatic rings. The third-order valence-electron chi connectivity index (χ3n) is 2.93. The first kappa shape index (κ1) is 14.6. The summed E-state index contributed by atoms with van der Waals surface area (Å²) in [6.45, 7) is 1.82. The molecule has 1 aromatic carbocycles. The number of hydrogen-bond donors (Lipinski definition) is 2. The second-order valence-electron chi connectivity index (χ2n) is 4.28. The standard InChI is InChI=1S/C14H17NO4S/c1-2-20(17,18)14-6-4-3-5-13(14)15-9-11-7-8-12(10-16)19-11/h3-8,15-16H,2,9-10H2,1H3. The third kappa shape index (κ3) is 3.20. The van der Waals surface area contributed by atoms with Gasteiger partial charge < -0.3 is 14.8 Å². The molecule has 2 rings (SSSR count). The Morgan fingerprint density at radius 1 is 1.15 bits per heavy atom. The molecule has 6 heteroatoms. The Labute approximate surface area is 118 Å². The first-order valence-corrected chi connectivity index (χ1v) is 7.96. The van der Waals surface area contributed by atoms with E-state index in [0.29, 0.717) is 23.8 Å². The number of aliphatic hydroxyl groups excluding tert-OH is 1. The highest BCUT2D eigenvalue weighted by Crippen LogP contribution is 2.22. The molecule has 0 spiro atoms. The molecular formula is C14H17NO4S. The molecule has 0 saturated heterocycles. The minimum atomic E-state index is -3.27. The van der Waals surface area contributed by atoms with Crippen LogP contribution in [0.15, 0.2) is 45.7 Å². The Morgan fingerprint density at radius 2 is 1.85 bits per heavy atom. The first-order valence-electron chi connectivity index (χ1n) is 6.31. The van der Waals surface area contributed by atoms with Gasteiger partial charge in [0.25, 0.3) is 0 Å². The summed E-state index contributed by atoms with van der Waals surface area (Å²) in [5, 5.41) is 12.0. The van der Waals surface area contributed by atoms with Crippen molar-refractivity contribution in [2.45, 2.75) is 25.0 Å². The van der Waals surface area contributed by atoms with Crippen molar-refractivity contribution in [2.75, 3.05) is 11.1 Å². The van der Waals surface area contributed by atoms with Crippen LogP contribution in [-0.4, -0.2) is 19.3 Å². The smallest absolute Gasteiger partial charge is 0.180 e. The Kier molecular flexibility index (Phi) is 4.46. The quantitative estimate of drug-likeness (QED) is 0.854. The van der Waals surface area contributed by atoms with Crippen LogP contribution in [0.2, 0.25) is 0 Å². The maximum Gasteiger partial charge on any atom is 0.180 e. The lowest BCUT2D eigenvalue weighted by molar-refractivity contribution is 0.244. The summed E-state index contributed by atoms with van der Waals surface area (Å²) >= 11 is 0. The zero-order valence-electron chi connectivity index (χ0n) is 11.2. The molecule has 0 aliphatic heterocycles. The Morgan fingerprint density at radius 3 is 2.50 bits per heavy atom. The van der Waals surface area contributed by atoms with Crippen LogP contribution >= 0.6 is 0 Å². The van der Waals surface area contributed by atoms with E-state index in [1.54, 1.807) is 43.3 Å². The lowest BCUT2D eigenvalue weighted by Crippen LogP contribution is -2.08. The van der Waals surface area contributed by atoms with Gasteiger partial charge in [-0.3, -0.25) is 0 Å². The molecule has 20 heavy (non-hydrogen) atoms. The van der Waals surface area contributed by atoms with E-state index >= 15 is 0 Å². The molecule has 1 heterocycles. The normalized spacial score (nSPS) is 11.5. The molecule has 0 unspecified atom stereocenters. The molecule has 0 radical (unpaired) electrons. The van der Waals surface area contributed by atoms with Crippen LogP contribution in [0, 0.1) is 0 Å². The van der Waals surface area contributed by atoms with E-state index in [1.807, 2.05) is 0 Å². The minimum absolute atomic E-state index is 0.0567. The van der Waals surface area contributed by atoms with E-state index < -0.39 is 9.84 Å². The van der Waals surface area contributed by atoms with Gasteiger partial charge in [-0.25, -0.2) is 8.42 Å². The van der Waals surface area contributed by atoms with E-state index in [2.05, 4.69) is 5.32 Å². The summed E-state index contributed by atoms with van der Waals surface area (Å²) in [5.41, 5.74) is 0.552. The van der Waals surface area contributed by atoms with Gasteiger partial charge in [0.05, 0.1) is 22.9 Å². The molecule has 2 N–H and O–H groups in total. The lowest BCUT2D eigenvalue weighted by atomic mass is 10.3. The summed E-state index contributed by atoms with van der Waals surface area (Å²) in [6, 6.07) is 10.2. The lowest BCUT2D eigenvalue weighted by Gasteiger charge is -2.10. The van der Waals surface area contributed by atoms with Gasteiger partial charge in [-0.15, -0.1) is 0 Å². The third-order valence-corrected chi connectivity index (χ3v) is 4.71. The number of rotatable bonds is 6. The average molecular weight is 295 g/mol. The first-order chi connectivity index (χ1) is 9.56. The fraction of sp³-hybridized carbons (Fsp3) is 0.286. The molecule has 0 bridgehead atoms. The highest BCUT2D eigenvalue weighted by Gasteiger charge is 2.16. The SMILES string of the molecule is CCS(=O)(=O)c1ccccc1NCc1ccc(CO)o1. The van der Waals surface area contributed by atoms with Gasteiger partial charge in [-0.2, -0.15) is 0 Å². The summed E-state index contributed by atoms with van der Waals surface area (Å²) in [5.74, 6) is 1.18. The number of aliphatic hydroxyl groups is 1. The zero-order chi connectivity index (χ0) is 14.6. The molecule has 0 aliphatic carbocycles. The second-order valence-corrected chi connectivity index (χ2v) is 6.53. The van der Waals surface area contributed by atoms with Gasteiger partial charge in [0.1, 0.15) is 18.1 Å². The Balaban J connectivity index is 2.18. The van der Waals surface area contributed by atoms with Crippen LogP contribution in [0.25, 0.3) is 0 Å². The second kappa shape index (κ2) is 6.11. The number of anilines is 1. The molecular weight excluding hydrogens is 278 g/mol. The van der Waals surface area contributed by atoms with Crippen molar-refractivity contribution in [3.05, 3.63) is 47.9 Å². The van der Waals surface area contributed by atoms with Crippen LogP contribution in [0.3, 0.4) is 0 Å². The van der Waals surface area contributed by atoms with E-state index in [-0.39, 0.29) is 17.3 Å². The van der Waals surface area contributed by atoms with Crippen molar-refractivity contribution >= 4 is 15.5 Å². The fourth-order valence-corrected chi connectivity index (χ4v) is 2.90. The number of benzene rings is 1. The van der Waals surface area contributed by atoms with Gasteiger partial charge in [0, 0.05) is 0 Å². The summed E-state index contributed by atoms with van der Waals surface area (Å²) < 4.78 is 29.3. The van der Waals surface area contributed by atoms with Crippen molar-refractivity contribution in [3.8, 4) is 0 Å². The van der Waals surface area contributed by atoms with Crippen LogP contribution in [-0.2, 0) is 23.0 Å². The van der Waals surface area contributed by atoms with Crippen molar-refractivity contribution in [2.24, 2.45) is 0 Å². The van der Waals surface area contributed by atoms with Crippen molar-refractivity contribution < 1.29 is 17.9 Å². The molecule has 5 nitrogen and oxygen atoms in total. The number of hydrogen-bond acceptors (Lipinski definition) is 5. The minimum Gasteiger partial charge on any atom is -0.462 e. The van der Waals surface area contributed by atoms with E-state index in [9.17, 15) is 8.42 Å². The van der Waals surface area contributed by atoms with E-state index in [0.717, 1.165) is 0 Å². The Hall–Kier alpha value is -1.79. The van der Waals surface area contributed by atoms with Crippen LogP contribution in [0.4, 0.5) is 5.69 Å². The molecule has 0 fully saturated rings. The molecule has 0 amide bonds. The predicted octanol–water partition coefficient (Wildman–Crippen LogP) is 2.18. The fourth-order valence-electron chi connectivity index (χ4n) is 1.82. The van der Waals surface area contributed by atoms with E-state index in [4.69, 9.17) is 9.52 Å². The van der Waals surface area contributed by atoms with Gasteiger partial charge in [-0.1, -0.05) is 19.1 Å². The highest BCUT2D eigenvalue weighted by molar-refractivity contribution is 7.91. The maximum atomic E-state index is 12.0. The highest BCUT2D eigenvalue weighted by atomic mass is 32.2. The largest absolute Gasteiger partial charge is 0.462 e. The van der Waals surface area contributed by atoms with Gasteiger partial charge in [-0.05, 0) is 24.3 Å². The van der Waals surface area contributed by atoms with Crippen LogP contribution in [0.1, 0.15) is 18.4 Å². The Bertz CT molecular complexity index is 676. The molecule has 108 valence electrons. The van der Waals surface area contributed by atoms with Crippen molar-refractivity contribution in [3.63, 3.8) is 0 Å². The molecule has 1 aromatic heterocycles. The van der Waals surface area contributed by atoms with Crippen LogP contribution in [0.5, 0.6) is 0 Å². The molecule has 0 saturated carbocycles. The summed E-state index contributed by atoms with van der Waals surface area (Å²) in [6.07, 6.45) is 0. The monoisotopic (exact) mass is 295 g/mol.